The van der Waals surface area contributed by atoms with Gasteiger partial charge >= 0.3 is 0 Å². The molecule has 5 fully saturated rings. The van der Waals surface area contributed by atoms with Gasteiger partial charge in [-0.25, -0.2) is 4.98 Å². The number of carbonyl (C=O) groups is 1. The zero-order chi connectivity index (χ0) is 23.2. The summed E-state index contributed by atoms with van der Waals surface area (Å²) in [5.74, 6) is 2.79. The first-order valence-corrected chi connectivity index (χ1v) is 12.1. The van der Waals surface area contributed by atoms with Crippen LogP contribution in [0.2, 0.25) is 0 Å². The average Bonchev–Trinajstić information content (AvgIpc) is 2.81. The van der Waals surface area contributed by atoms with E-state index in [1.54, 1.807) is 0 Å². The van der Waals surface area contributed by atoms with Gasteiger partial charge < -0.3 is 15.4 Å². The van der Waals surface area contributed by atoms with Gasteiger partial charge in [-0.1, -0.05) is 6.07 Å². The summed E-state index contributed by atoms with van der Waals surface area (Å²) in [7, 11) is 0. The zero-order valence-corrected chi connectivity index (χ0v) is 19.6. The van der Waals surface area contributed by atoms with Crippen LogP contribution in [0.25, 0.3) is 0 Å². The smallest absolute Gasteiger partial charge is 0.223 e. The second-order valence-electron chi connectivity index (χ2n) is 10.9. The van der Waals surface area contributed by atoms with Gasteiger partial charge in [0.25, 0.3) is 0 Å². The molecule has 1 aromatic rings. The number of rotatable bonds is 5. The maximum atomic E-state index is 12.3. The minimum Gasteiger partial charge on any atom is -0.378 e. The van der Waals surface area contributed by atoms with E-state index in [1.165, 1.54) is 0 Å². The molecule has 0 spiro atoms. The van der Waals surface area contributed by atoms with Crippen LogP contribution >= 0.6 is 0 Å². The monoisotopic (exact) mass is 450 g/mol. The van der Waals surface area contributed by atoms with E-state index in [0.29, 0.717) is 23.6 Å². The highest BCUT2D eigenvalue weighted by atomic mass is 16.5. The number of ether oxygens (including phenoxy) is 1. The summed E-state index contributed by atoms with van der Waals surface area (Å²) in [6.07, 6.45) is 8.83. The van der Waals surface area contributed by atoms with Crippen molar-refractivity contribution >= 4 is 17.6 Å². The van der Waals surface area contributed by atoms with Crippen LogP contribution in [0, 0.1) is 34.6 Å². The lowest BCUT2D eigenvalue weighted by Gasteiger charge is -2.58. The molecular weight excluding hydrogens is 416 g/mol. The summed E-state index contributed by atoms with van der Waals surface area (Å²) >= 11 is 0. The predicted octanol–water partition coefficient (Wildman–Crippen LogP) is 2.35. The Hall–Kier alpha value is -2.66. The van der Waals surface area contributed by atoms with E-state index in [-0.39, 0.29) is 17.4 Å². The first-order valence-electron chi connectivity index (χ1n) is 12.1. The number of aliphatic imine (C=N–C) groups is 1. The minimum atomic E-state index is -0.498. The van der Waals surface area contributed by atoms with E-state index in [2.05, 4.69) is 36.3 Å². The summed E-state index contributed by atoms with van der Waals surface area (Å²) in [4.78, 5) is 24.4. The average molecular weight is 451 g/mol. The van der Waals surface area contributed by atoms with Crippen LogP contribution in [-0.4, -0.2) is 49.1 Å². The highest BCUT2D eigenvalue weighted by molar-refractivity contribution is 5.93. The third-order valence-corrected chi connectivity index (χ3v) is 8.60. The van der Waals surface area contributed by atoms with Crippen LogP contribution < -0.4 is 16.0 Å². The number of primary amides is 1. The summed E-state index contributed by atoms with van der Waals surface area (Å²) in [6.45, 7) is 7.30. The number of nitrogens with zero attached hydrogens (tertiary/aromatic N) is 4. The molecule has 1 saturated heterocycles. The van der Waals surface area contributed by atoms with Crippen molar-refractivity contribution in [3.05, 3.63) is 23.9 Å². The molecule has 6 rings (SSSR count). The predicted molar refractivity (Wildman–Crippen MR) is 125 cm³/mol. The number of amides is 1. The number of pyridine rings is 1. The second-order valence-corrected chi connectivity index (χ2v) is 10.9. The van der Waals surface area contributed by atoms with Gasteiger partial charge in [0.2, 0.25) is 5.91 Å². The van der Waals surface area contributed by atoms with Crippen molar-refractivity contribution in [3.63, 3.8) is 0 Å². The Morgan fingerprint density at radius 3 is 2.55 bits per heavy atom. The van der Waals surface area contributed by atoms with Gasteiger partial charge in [0.15, 0.2) is 6.19 Å². The van der Waals surface area contributed by atoms with Crippen molar-refractivity contribution in [3.8, 4) is 6.19 Å². The first-order chi connectivity index (χ1) is 15.8. The highest BCUT2D eigenvalue weighted by Gasteiger charge is 2.58. The van der Waals surface area contributed by atoms with E-state index >= 15 is 0 Å². The highest BCUT2D eigenvalue weighted by Crippen LogP contribution is 2.60. The van der Waals surface area contributed by atoms with Crippen molar-refractivity contribution in [1.29, 1.82) is 5.26 Å². The van der Waals surface area contributed by atoms with Gasteiger partial charge in [-0.05, 0) is 75.3 Å². The molecule has 2 heterocycles. The molecule has 176 valence electrons. The number of nitrogens with one attached hydrogen (secondary N) is 1. The summed E-state index contributed by atoms with van der Waals surface area (Å²) < 4.78 is 5.44. The molecule has 8 heteroatoms. The summed E-state index contributed by atoms with van der Waals surface area (Å²) in [5.41, 5.74) is 6.03. The van der Waals surface area contributed by atoms with Gasteiger partial charge in [-0.15, -0.1) is 0 Å². The van der Waals surface area contributed by atoms with Crippen LogP contribution in [0.1, 0.15) is 51.5 Å². The van der Waals surface area contributed by atoms with Crippen molar-refractivity contribution in [1.82, 2.24) is 10.3 Å². The van der Waals surface area contributed by atoms with E-state index in [1.807, 2.05) is 12.3 Å². The lowest BCUT2D eigenvalue weighted by Crippen LogP contribution is -2.57. The maximum Gasteiger partial charge on any atom is 0.223 e. The van der Waals surface area contributed by atoms with Gasteiger partial charge in [-0.3, -0.25) is 15.1 Å². The molecule has 3 N–H and O–H groups in total. The molecule has 1 aliphatic heterocycles. The van der Waals surface area contributed by atoms with Gasteiger partial charge in [-0.2, -0.15) is 5.26 Å². The molecule has 2 unspecified atom stereocenters. The fourth-order valence-corrected chi connectivity index (χ4v) is 6.93. The van der Waals surface area contributed by atoms with Gasteiger partial charge in [0, 0.05) is 30.1 Å². The molecule has 4 aliphatic carbocycles. The Bertz CT molecular complexity index is 960. The standard InChI is InChI=1S/C25H34N6O2/c1-24(2,19-3-4-20(28-14-19)31-5-7-33-8-6-31)23(29-15-26)30-21-17-9-16-10-18(21)13-25(11-16,12-17)22(27)32/h3-4,14,16-18,21H,5-13H2,1-2H3,(H2,27,32)(H,29,30). The second kappa shape index (κ2) is 8.28. The third-order valence-electron chi connectivity index (χ3n) is 8.60. The SMILES string of the molecule is CC(C)(C(=NC1C2CC3CC1CC(C(N)=O)(C3)C2)NC#N)c1ccc(N2CCOCC2)nc1. The molecule has 8 nitrogen and oxygen atoms in total. The van der Waals surface area contributed by atoms with Crippen LogP contribution in [-0.2, 0) is 14.9 Å². The van der Waals surface area contributed by atoms with Crippen molar-refractivity contribution in [2.45, 2.75) is 57.4 Å². The normalized spacial score (nSPS) is 33.6. The number of nitriles is 1. The number of nitrogens with two attached hydrogens (primary N) is 1. The Balaban J connectivity index is 1.40. The quantitative estimate of drug-likeness (QED) is 0.308. The van der Waals surface area contributed by atoms with E-state index in [0.717, 1.165) is 69.8 Å². The molecule has 5 aliphatic rings. The molecule has 33 heavy (non-hydrogen) atoms. The largest absolute Gasteiger partial charge is 0.378 e. The molecule has 4 saturated carbocycles. The summed E-state index contributed by atoms with van der Waals surface area (Å²) in [5, 5.41) is 12.4. The maximum absolute atomic E-state index is 12.3. The molecule has 1 amide bonds. The molecular formula is C25H34N6O2. The van der Waals surface area contributed by atoms with Crippen LogP contribution in [0.5, 0.6) is 0 Å². The van der Waals surface area contributed by atoms with E-state index in [4.69, 9.17) is 20.4 Å². The number of amidine groups is 1. The molecule has 2 atom stereocenters. The van der Waals surface area contributed by atoms with Crippen molar-refractivity contribution < 1.29 is 9.53 Å². The Morgan fingerprint density at radius 2 is 1.97 bits per heavy atom. The number of hydrogen-bond donors (Lipinski definition) is 2. The number of hydrogen-bond acceptors (Lipinski definition) is 6. The Kier molecular flexibility index (Phi) is 5.56. The molecule has 0 aromatic carbocycles. The lowest BCUT2D eigenvalue weighted by atomic mass is 9.47. The molecule has 1 aromatic heterocycles. The number of anilines is 1. The Morgan fingerprint density at radius 1 is 1.27 bits per heavy atom. The van der Waals surface area contributed by atoms with Crippen molar-refractivity contribution in [2.24, 2.45) is 33.9 Å². The first kappa shape index (κ1) is 22.1. The fraction of sp³-hybridized carbons (Fsp3) is 0.680. The van der Waals surface area contributed by atoms with E-state index in [9.17, 15) is 10.1 Å². The third kappa shape index (κ3) is 3.86. The molecule has 0 radical (unpaired) electrons. The van der Waals surface area contributed by atoms with Crippen LogP contribution in [0.3, 0.4) is 0 Å². The number of carbonyl (C=O) groups excluding carboxylic acids is 1. The number of aromatic nitrogens is 1. The minimum absolute atomic E-state index is 0.129. The number of morpholine rings is 1. The summed E-state index contributed by atoms with van der Waals surface area (Å²) in [6, 6.07) is 4.27. The van der Waals surface area contributed by atoms with Crippen LogP contribution in [0.15, 0.2) is 23.3 Å². The van der Waals surface area contributed by atoms with Crippen LogP contribution in [0.4, 0.5) is 5.82 Å². The van der Waals surface area contributed by atoms with E-state index < -0.39 is 5.41 Å². The fourth-order valence-electron chi connectivity index (χ4n) is 6.93. The van der Waals surface area contributed by atoms with Gasteiger partial charge in [0.1, 0.15) is 11.7 Å². The topological polar surface area (TPSA) is 117 Å². The van der Waals surface area contributed by atoms with Crippen molar-refractivity contribution in [2.75, 3.05) is 31.2 Å². The van der Waals surface area contributed by atoms with Gasteiger partial charge in [0.05, 0.1) is 19.3 Å². The lowest BCUT2D eigenvalue weighted by molar-refractivity contribution is -0.144. The zero-order valence-electron chi connectivity index (χ0n) is 19.6. The molecule has 4 bridgehead atoms. The Labute approximate surface area is 195 Å².